The Balaban J connectivity index is 2.42. The topological polar surface area (TPSA) is 60.2 Å². The van der Waals surface area contributed by atoms with E-state index in [9.17, 15) is 8.42 Å². The monoisotopic (exact) mass is 205 g/mol. The lowest BCUT2D eigenvalue weighted by Gasteiger charge is -2.50. The van der Waals surface area contributed by atoms with Crippen LogP contribution in [0.2, 0.25) is 0 Å². The van der Waals surface area contributed by atoms with Crippen molar-refractivity contribution >= 4 is 9.84 Å². The van der Waals surface area contributed by atoms with Gasteiger partial charge >= 0.3 is 0 Å². The molecule has 0 aliphatic heterocycles. The highest BCUT2D eigenvalue weighted by Crippen LogP contribution is 2.46. The molecule has 1 aliphatic carbocycles. The highest BCUT2D eigenvalue weighted by Gasteiger charge is 2.45. The molecular weight excluding hydrogens is 186 g/mol. The average Bonchev–Trinajstić information content (AvgIpc) is 1.95. The van der Waals surface area contributed by atoms with Gasteiger partial charge in [-0.2, -0.15) is 0 Å². The zero-order chi connectivity index (χ0) is 10.3. The van der Waals surface area contributed by atoms with Gasteiger partial charge in [0.15, 0.2) is 0 Å². The average molecular weight is 205 g/mol. The molecule has 13 heavy (non-hydrogen) atoms. The SMILES string of the molecule is CC1(C)C(N)CC1CCS(C)(=O)=O. The second-order valence-electron chi connectivity index (χ2n) is 4.78. The predicted molar refractivity (Wildman–Crippen MR) is 54.2 cm³/mol. The van der Waals surface area contributed by atoms with Gasteiger partial charge in [0.05, 0.1) is 5.75 Å². The molecule has 1 aliphatic rings. The molecule has 4 heteroatoms. The van der Waals surface area contributed by atoms with Crippen LogP contribution in [0.25, 0.3) is 0 Å². The summed E-state index contributed by atoms with van der Waals surface area (Å²) >= 11 is 0. The lowest BCUT2D eigenvalue weighted by molar-refractivity contribution is 0.0358. The summed E-state index contributed by atoms with van der Waals surface area (Å²) < 4.78 is 21.9. The molecule has 0 aromatic rings. The highest BCUT2D eigenvalue weighted by molar-refractivity contribution is 7.90. The zero-order valence-corrected chi connectivity index (χ0v) is 9.39. The molecule has 0 spiro atoms. The fourth-order valence-corrected chi connectivity index (χ4v) is 2.62. The van der Waals surface area contributed by atoms with E-state index in [1.807, 2.05) is 0 Å². The summed E-state index contributed by atoms with van der Waals surface area (Å²) in [6.07, 6.45) is 3.03. The molecule has 2 N–H and O–H groups in total. The molecule has 0 amide bonds. The van der Waals surface area contributed by atoms with Crippen molar-refractivity contribution in [3.05, 3.63) is 0 Å². The van der Waals surface area contributed by atoms with Crippen LogP contribution in [0.15, 0.2) is 0 Å². The van der Waals surface area contributed by atoms with Gasteiger partial charge in [-0.15, -0.1) is 0 Å². The summed E-state index contributed by atoms with van der Waals surface area (Å²) in [5.74, 6) is 0.783. The normalized spacial score (nSPS) is 32.6. The van der Waals surface area contributed by atoms with Crippen molar-refractivity contribution < 1.29 is 8.42 Å². The number of sulfone groups is 1. The van der Waals surface area contributed by atoms with Gasteiger partial charge < -0.3 is 5.73 Å². The lowest BCUT2D eigenvalue weighted by atomic mass is 9.58. The van der Waals surface area contributed by atoms with Crippen LogP contribution in [0.4, 0.5) is 0 Å². The molecule has 2 unspecified atom stereocenters. The summed E-state index contributed by atoms with van der Waals surface area (Å²) in [4.78, 5) is 0. The molecule has 0 bridgehead atoms. The third-order valence-corrected chi connectivity index (χ3v) is 4.36. The number of hydrogen-bond donors (Lipinski definition) is 1. The standard InChI is InChI=1S/C9H19NO2S/c1-9(2)7(6-8(9)10)4-5-13(3,11)12/h7-8H,4-6,10H2,1-3H3. The molecule has 0 aromatic heterocycles. The van der Waals surface area contributed by atoms with Gasteiger partial charge in [0.2, 0.25) is 0 Å². The Bertz CT molecular complexity index is 282. The van der Waals surface area contributed by atoms with E-state index in [0.717, 1.165) is 12.8 Å². The van der Waals surface area contributed by atoms with E-state index in [1.165, 1.54) is 6.26 Å². The van der Waals surface area contributed by atoms with Crippen molar-refractivity contribution in [3.8, 4) is 0 Å². The minimum Gasteiger partial charge on any atom is -0.327 e. The fraction of sp³-hybridized carbons (Fsp3) is 1.00. The quantitative estimate of drug-likeness (QED) is 0.741. The summed E-state index contributed by atoms with van der Waals surface area (Å²) in [7, 11) is -2.80. The summed E-state index contributed by atoms with van der Waals surface area (Å²) in [6.45, 7) is 4.24. The van der Waals surface area contributed by atoms with Crippen LogP contribution in [0.3, 0.4) is 0 Å². The van der Waals surface area contributed by atoms with Crippen LogP contribution in [0.5, 0.6) is 0 Å². The first-order valence-corrected chi connectivity index (χ1v) is 6.73. The van der Waals surface area contributed by atoms with E-state index in [2.05, 4.69) is 13.8 Å². The molecule has 2 atom stereocenters. The Kier molecular flexibility index (Phi) is 2.74. The van der Waals surface area contributed by atoms with Crippen molar-refractivity contribution in [2.24, 2.45) is 17.1 Å². The minimum atomic E-state index is -2.80. The van der Waals surface area contributed by atoms with Crippen molar-refractivity contribution in [2.45, 2.75) is 32.7 Å². The van der Waals surface area contributed by atoms with E-state index in [-0.39, 0.29) is 11.5 Å². The van der Waals surface area contributed by atoms with Gasteiger partial charge in [-0.3, -0.25) is 0 Å². The van der Waals surface area contributed by atoms with Gasteiger partial charge in [0.25, 0.3) is 0 Å². The van der Waals surface area contributed by atoms with E-state index in [1.54, 1.807) is 0 Å². The molecule has 3 nitrogen and oxygen atoms in total. The smallest absolute Gasteiger partial charge is 0.147 e. The van der Waals surface area contributed by atoms with E-state index < -0.39 is 9.84 Å². The van der Waals surface area contributed by atoms with Crippen molar-refractivity contribution in [1.82, 2.24) is 0 Å². The van der Waals surface area contributed by atoms with Crippen molar-refractivity contribution in [3.63, 3.8) is 0 Å². The van der Waals surface area contributed by atoms with Gasteiger partial charge in [-0.05, 0) is 24.2 Å². The second-order valence-corrected chi connectivity index (χ2v) is 7.04. The Labute approximate surface area is 80.6 Å². The van der Waals surface area contributed by atoms with Crippen LogP contribution >= 0.6 is 0 Å². The van der Waals surface area contributed by atoms with Gasteiger partial charge in [0.1, 0.15) is 9.84 Å². The largest absolute Gasteiger partial charge is 0.327 e. The van der Waals surface area contributed by atoms with Crippen molar-refractivity contribution in [2.75, 3.05) is 12.0 Å². The van der Waals surface area contributed by atoms with Crippen LogP contribution in [0.1, 0.15) is 26.7 Å². The molecule has 0 saturated heterocycles. The van der Waals surface area contributed by atoms with Crippen LogP contribution in [-0.4, -0.2) is 26.5 Å². The van der Waals surface area contributed by atoms with Crippen LogP contribution < -0.4 is 5.73 Å². The maximum absolute atomic E-state index is 10.9. The number of nitrogens with two attached hydrogens (primary N) is 1. The maximum Gasteiger partial charge on any atom is 0.147 e. The zero-order valence-electron chi connectivity index (χ0n) is 8.58. The van der Waals surface area contributed by atoms with E-state index in [4.69, 9.17) is 5.73 Å². The first-order valence-electron chi connectivity index (χ1n) is 4.67. The summed E-state index contributed by atoms with van der Waals surface area (Å²) in [5, 5.41) is 0. The van der Waals surface area contributed by atoms with Crippen LogP contribution in [0, 0.1) is 11.3 Å². The summed E-state index contributed by atoms with van der Waals surface area (Å²) in [6, 6.07) is 0.247. The molecule has 1 fully saturated rings. The maximum atomic E-state index is 10.9. The molecule has 1 saturated carbocycles. The van der Waals surface area contributed by atoms with Crippen molar-refractivity contribution in [1.29, 1.82) is 0 Å². The molecule has 0 heterocycles. The first kappa shape index (κ1) is 11.0. The molecule has 1 rings (SSSR count). The van der Waals surface area contributed by atoms with Gasteiger partial charge in [-0.25, -0.2) is 8.42 Å². The fourth-order valence-electron chi connectivity index (χ4n) is 1.90. The predicted octanol–water partition coefficient (Wildman–Crippen LogP) is 0.794. The third-order valence-electron chi connectivity index (χ3n) is 3.38. The minimum absolute atomic E-state index is 0.130. The molecule has 0 aromatic carbocycles. The Morgan fingerprint density at radius 3 is 2.31 bits per heavy atom. The van der Waals surface area contributed by atoms with E-state index in [0.29, 0.717) is 11.7 Å². The van der Waals surface area contributed by atoms with Gasteiger partial charge in [-0.1, -0.05) is 13.8 Å². The van der Waals surface area contributed by atoms with E-state index >= 15 is 0 Å². The third kappa shape index (κ3) is 2.44. The number of rotatable bonds is 3. The summed E-state index contributed by atoms with van der Waals surface area (Å²) in [5.41, 5.74) is 5.97. The van der Waals surface area contributed by atoms with Crippen LogP contribution in [-0.2, 0) is 9.84 Å². The van der Waals surface area contributed by atoms with Gasteiger partial charge in [0, 0.05) is 12.3 Å². The number of hydrogen-bond acceptors (Lipinski definition) is 3. The molecule has 0 radical (unpaired) electrons. The second kappa shape index (κ2) is 3.24. The Morgan fingerprint density at radius 2 is 2.00 bits per heavy atom. The Morgan fingerprint density at radius 1 is 1.46 bits per heavy atom. The lowest BCUT2D eigenvalue weighted by Crippen LogP contribution is -2.54. The highest BCUT2D eigenvalue weighted by atomic mass is 32.2. The first-order chi connectivity index (χ1) is 5.73. The molecule has 78 valence electrons. The Hall–Kier alpha value is -0.0900. The molecular formula is C9H19NO2S.